The molecule has 0 aliphatic heterocycles. The molecule has 1 N–H and O–H groups in total. The van der Waals surface area contributed by atoms with Gasteiger partial charge in [-0.1, -0.05) is 35.5 Å². The van der Waals surface area contributed by atoms with Crippen molar-refractivity contribution in [1.29, 1.82) is 0 Å². The van der Waals surface area contributed by atoms with Crippen molar-refractivity contribution in [2.75, 3.05) is 0 Å². The summed E-state index contributed by atoms with van der Waals surface area (Å²) in [6.45, 7) is 0. The number of para-hydroxylation sites is 1. The molecule has 0 spiro atoms. The topological polar surface area (TPSA) is 58.6 Å². The van der Waals surface area contributed by atoms with Gasteiger partial charge in [-0.15, -0.1) is 11.3 Å². The van der Waals surface area contributed by atoms with Crippen LogP contribution in [0.5, 0.6) is 0 Å². The molecule has 7 heteroatoms. The van der Waals surface area contributed by atoms with E-state index in [2.05, 4.69) is 15.0 Å². The lowest BCUT2D eigenvalue weighted by atomic mass is 10.2. The third-order valence-electron chi connectivity index (χ3n) is 3.32. The van der Waals surface area contributed by atoms with Crippen LogP contribution in [-0.4, -0.2) is 15.0 Å². The number of nitrogens with one attached hydrogen (secondary N) is 1. The van der Waals surface area contributed by atoms with E-state index >= 15 is 0 Å². The number of H-pyrrole nitrogens is 1. The van der Waals surface area contributed by atoms with Gasteiger partial charge in [-0.2, -0.15) is 0 Å². The Bertz CT molecular complexity index is 1070. The summed E-state index contributed by atoms with van der Waals surface area (Å²) in [5, 5.41) is 1.29. The zero-order chi connectivity index (χ0) is 15.8. The van der Waals surface area contributed by atoms with Gasteiger partial charge in [-0.05, 0) is 30.3 Å². The van der Waals surface area contributed by atoms with E-state index in [-0.39, 0.29) is 5.56 Å². The van der Waals surface area contributed by atoms with Gasteiger partial charge < -0.3 is 4.98 Å². The maximum Gasteiger partial charge on any atom is 0.258 e. The number of hydrogen-bond donors (Lipinski definition) is 1. The third-order valence-corrected chi connectivity index (χ3v) is 5.75. The van der Waals surface area contributed by atoms with Crippen LogP contribution in [0.1, 0.15) is 5.82 Å². The molecule has 0 bridgehead atoms. The number of thioether (sulfide) groups is 1. The van der Waals surface area contributed by atoms with Crippen molar-refractivity contribution in [3.05, 3.63) is 63.7 Å². The van der Waals surface area contributed by atoms with E-state index in [9.17, 15) is 4.79 Å². The minimum absolute atomic E-state index is 0.109. The van der Waals surface area contributed by atoms with Gasteiger partial charge in [0.15, 0.2) is 4.34 Å². The second-order valence-electron chi connectivity index (χ2n) is 4.91. The molecule has 2 heterocycles. The van der Waals surface area contributed by atoms with Crippen LogP contribution in [0.3, 0.4) is 0 Å². The van der Waals surface area contributed by atoms with Crippen molar-refractivity contribution in [3.8, 4) is 0 Å². The van der Waals surface area contributed by atoms with Crippen molar-refractivity contribution < 1.29 is 0 Å². The highest BCUT2D eigenvalue weighted by molar-refractivity contribution is 8.00. The van der Waals surface area contributed by atoms with Crippen LogP contribution in [0.4, 0.5) is 0 Å². The fourth-order valence-corrected chi connectivity index (χ4v) is 4.36. The summed E-state index contributed by atoms with van der Waals surface area (Å²) in [5.41, 5.74) is 1.50. The van der Waals surface area contributed by atoms with E-state index in [1.807, 2.05) is 36.4 Å². The minimum Gasteiger partial charge on any atom is -0.309 e. The number of rotatable bonds is 3. The minimum atomic E-state index is -0.109. The first-order valence-electron chi connectivity index (χ1n) is 6.86. The number of thiazole rings is 1. The summed E-state index contributed by atoms with van der Waals surface area (Å²) in [6, 6.07) is 13.0. The smallest absolute Gasteiger partial charge is 0.258 e. The molecular formula is C16H10ClN3OS2. The van der Waals surface area contributed by atoms with Crippen molar-refractivity contribution in [1.82, 2.24) is 15.0 Å². The van der Waals surface area contributed by atoms with Crippen LogP contribution < -0.4 is 5.56 Å². The van der Waals surface area contributed by atoms with E-state index < -0.39 is 0 Å². The van der Waals surface area contributed by atoms with E-state index in [0.717, 1.165) is 14.6 Å². The van der Waals surface area contributed by atoms with Gasteiger partial charge >= 0.3 is 0 Å². The van der Waals surface area contributed by atoms with Crippen LogP contribution in [0.15, 0.2) is 51.6 Å². The second kappa shape index (κ2) is 5.96. The highest BCUT2D eigenvalue weighted by Crippen LogP contribution is 2.32. The lowest BCUT2D eigenvalue weighted by molar-refractivity contribution is 1.04. The Hall–Kier alpha value is -1.89. The predicted octanol–water partition coefficient (Wildman–Crippen LogP) is 4.48. The van der Waals surface area contributed by atoms with Crippen molar-refractivity contribution in [2.45, 2.75) is 10.1 Å². The van der Waals surface area contributed by atoms with Gasteiger partial charge in [0, 0.05) is 5.02 Å². The quantitative estimate of drug-likeness (QED) is 0.548. The number of aromatic amines is 1. The fourth-order valence-electron chi connectivity index (χ4n) is 2.27. The summed E-state index contributed by atoms with van der Waals surface area (Å²) in [4.78, 5) is 23.9. The molecule has 0 saturated carbocycles. The van der Waals surface area contributed by atoms with Crippen molar-refractivity contribution in [3.63, 3.8) is 0 Å². The monoisotopic (exact) mass is 359 g/mol. The molecule has 0 fully saturated rings. The Balaban J connectivity index is 1.61. The van der Waals surface area contributed by atoms with Gasteiger partial charge in [0.25, 0.3) is 5.56 Å². The molecule has 0 amide bonds. The Morgan fingerprint density at radius 2 is 2.00 bits per heavy atom. The maximum atomic E-state index is 12.1. The first-order valence-corrected chi connectivity index (χ1v) is 9.04. The Kier molecular flexibility index (Phi) is 3.80. The summed E-state index contributed by atoms with van der Waals surface area (Å²) in [6.07, 6.45) is 0. The summed E-state index contributed by atoms with van der Waals surface area (Å²) in [5.74, 6) is 1.21. The lowest BCUT2D eigenvalue weighted by Gasteiger charge is -2.01. The van der Waals surface area contributed by atoms with E-state index in [4.69, 9.17) is 11.6 Å². The number of aromatic nitrogens is 3. The molecule has 0 unspecified atom stereocenters. The van der Waals surface area contributed by atoms with E-state index in [1.165, 1.54) is 0 Å². The van der Waals surface area contributed by atoms with Gasteiger partial charge in [-0.3, -0.25) is 4.79 Å². The summed E-state index contributed by atoms with van der Waals surface area (Å²) in [7, 11) is 0. The molecule has 23 heavy (non-hydrogen) atoms. The zero-order valence-electron chi connectivity index (χ0n) is 11.7. The predicted molar refractivity (Wildman–Crippen MR) is 96.6 cm³/mol. The molecule has 0 saturated heterocycles. The van der Waals surface area contributed by atoms with E-state index in [0.29, 0.717) is 27.5 Å². The average molecular weight is 360 g/mol. The summed E-state index contributed by atoms with van der Waals surface area (Å²) < 4.78 is 2.02. The van der Waals surface area contributed by atoms with Crippen LogP contribution in [0, 0.1) is 0 Å². The Morgan fingerprint density at radius 3 is 2.91 bits per heavy atom. The molecule has 4 rings (SSSR count). The first kappa shape index (κ1) is 14.7. The highest BCUT2D eigenvalue weighted by Gasteiger charge is 2.08. The third kappa shape index (κ3) is 2.97. The summed E-state index contributed by atoms with van der Waals surface area (Å²) >= 11 is 9.14. The number of halogens is 1. The number of hydrogen-bond acceptors (Lipinski definition) is 5. The normalized spacial score (nSPS) is 11.3. The van der Waals surface area contributed by atoms with Crippen LogP contribution in [0.25, 0.3) is 21.1 Å². The van der Waals surface area contributed by atoms with Crippen LogP contribution >= 0.6 is 34.7 Å². The Morgan fingerprint density at radius 1 is 1.13 bits per heavy atom. The standard InChI is InChI=1S/C16H10ClN3OS2/c17-9-5-6-13-12(7-9)19-16(23-13)22-8-14-18-11-4-2-1-3-10(11)15(21)20-14/h1-7H,8H2,(H,18,20,21). The van der Waals surface area contributed by atoms with Gasteiger partial charge in [0.2, 0.25) is 0 Å². The maximum absolute atomic E-state index is 12.1. The lowest BCUT2D eigenvalue weighted by Crippen LogP contribution is -2.11. The number of fused-ring (bicyclic) bond motifs is 2. The molecule has 2 aromatic heterocycles. The van der Waals surface area contributed by atoms with Gasteiger partial charge in [0.05, 0.1) is 26.9 Å². The van der Waals surface area contributed by atoms with Crippen LogP contribution in [-0.2, 0) is 5.75 Å². The van der Waals surface area contributed by atoms with Crippen LogP contribution in [0.2, 0.25) is 5.02 Å². The molecule has 0 aliphatic rings. The largest absolute Gasteiger partial charge is 0.309 e. The number of nitrogens with zero attached hydrogens (tertiary/aromatic N) is 2. The van der Waals surface area contributed by atoms with Crippen molar-refractivity contribution in [2.24, 2.45) is 0 Å². The highest BCUT2D eigenvalue weighted by atomic mass is 35.5. The van der Waals surface area contributed by atoms with E-state index in [1.54, 1.807) is 29.2 Å². The SMILES string of the molecule is O=c1[nH]c(CSc2nc3cc(Cl)ccc3s2)nc2ccccc12. The Labute approximate surface area is 144 Å². The van der Waals surface area contributed by atoms with Gasteiger partial charge in [-0.25, -0.2) is 9.97 Å². The average Bonchev–Trinajstić information content (AvgIpc) is 2.95. The zero-order valence-corrected chi connectivity index (χ0v) is 14.1. The van der Waals surface area contributed by atoms with Gasteiger partial charge in [0.1, 0.15) is 5.82 Å². The molecule has 0 aliphatic carbocycles. The number of benzene rings is 2. The molecule has 114 valence electrons. The molecule has 4 aromatic rings. The molecule has 0 atom stereocenters. The first-order chi connectivity index (χ1) is 11.2. The second-order valence-corrected chi connectivity index (χ2v) is 7.60. The molecule has 2 aromatic carbocycles. The van der Waals surface area contributed by atoms with Crippen molar-refractivity contribution >= 4 is 55.8 Å². The molecule has 0 radical (unpaired) electrons. The fraction of sp³-hybridized carbons (Fsp3) is 0.0625. The molecular weight excluding hydrogens is 350 g/mol. The molecule has 4 nitrogen and oxygen atoms in total.